The molecule has 2 fully saturated rings. The molecule has 0 radical (unpaired) electrons. The second kappa shape index (κ2) is 9.73. The monoisotopic (exact) mass is 433 g/mol. The highest BCUT2D eigenvalue weighted by Gasteiger charge is 2.34. The molecule has 8 heteroatoms. The van der Waals surface area contributed by atoms with E-state index in [9.17, 15) is 9.59 Å². The van der Waals surface area contributed by atoms with Crippen molar-refractivity contribution in [3.63, 3.8) is 0 Å². The minimum absolute atomic E-state index is 0.0394. The normalized spacial score (nSPS) is 19.8. The number of thioether (sulfide) groups is 1. The van der Waals surface area contributed by atoms with Crippen LogP contribution >= 0.6 is 24.0 Å². The molecular weight excluding hydrogens is 406 g/mol. The first kappa shape index (κ1) is 21.8. The predicted molar refractivity (Wildman–Crippen MR) is 122 cm³/mol. The van der Waals surface area contributed by atoms with Gasteiger partial charge in [-0.05, 0) is 43.5 Å². The van der Waals surface area contributed by atoms with Crippen molar-refractivity contribution in [3.05, 3.63) is 34.7 Å². The van der Waals surface area contributed by atoms with Crippen LogP contribution in [0.15, 0.2) is 29.2 Å². The van der Waals surface area contributed by atoms with Crippen molar-refractivity contribution in [2.24, 2.45) is 5.92 Å². The molecule has 6 nitrogen and oxygen atoms in total. The second-order valence-electron chi connectivity index (χ2n) is 7.38. The van der Waals surface area contributed by atoms with Gasteiger partial charge in [0.15, 0.2) is 0 Å². The fraction of sp³-hybridized carbons (Fsp3) is 0.476. The minimum Gasteiger partial charge on any atom is -0.466 e. The van der Waals surface area contributed by atoms with Crippen molar-refractivity contribution in [2.45, 2.75) is 19.8 Å². The number of esters is 1. The Hall–Kier alpha value is -1.90. The first-order chi connectivity index (χ1) is 13.9. The summed E-state index contributed by atoms with van der Waals surface area (Å²) < 4.78 is 5.70. The molecule has 0 bridgehead atoms. The van der Waals surface area contributed by atoms with E-state index >= 15 is 0 Å². The maximum absolute atomic E-state index is 12.9. The molecule has 2 saturated heterocycles. The van der Waals surface area contributed by atoms with Crippen molar-refractivity contribution < 1.29 is 14.3 Å². The van der Waals surface area contributed by atoms with Crippen LogP contribution in [0.4, 0.5) is 5.69 Å². The van der Waals surface area contributed by atoms with Crippen LogP contribution in [0.5, 0.6) is 0 Å². The van der Waals surface area contributed by atoms with Gasteiger partial charge in [-0.15, -0.1) is 0 Å². The number of hydrogen-bond acceptors (Lipinski definition) is 7. The Kier molecular flexibility index (Phi) is 7.32. The summed E-state index contributed by atoms with van der Waals surface area (Å²) in [6, 6.07) is 8.06. The lowest BCUT2D eigenvalue weighted by Gasteiger charge is -2.33. The molecule has 2 aliphatic rings. The highest BCUT2D eigenvalue weighted by Crippen LogP contribution is 2.33. The Morgan fingerprint density at radius 1 is 1.28 bits per heavy atom. The topological polar surface area (TPSA) is 53.1 Å². The first-order valence-electron chi connectivity index (χ1n) is 9.80. The molecule has 29 heavy (non-hydrogen) atoms. The Morgan fingerprint density at radius 3 is 2.52 bits per heavy atom. The van der Waals surface area contributed by atoms with Crippen LogP contribution in [0.1, 0.15) is 25.3 Å². The van der Waals surface area contributed by atoms with Crippen LogP contribution in [-0.2, 0) is 14.3 Å². The summed E-state index contributed by atoms with van der Waals surface area (Å²) in [5.74, 6) is -0.201. The van der Waals surface area contributed by atoms with Gasteiger partial charge >= 0.3 is 5.97 Å². The molecule has 1 amide bonds. The Morgan fingerprint density at radius 2 is 1.93 bits per heavy atom. The number of benzene rings is 1. The molecule has 0 N–H and O–H groups in total. The number of piperidine rings is 1. The molecule has 0 aromatic heterocycles. The SMILES string of the molecule is CCOC(=O)C1CCN(CN2C(=O)C(=Cc3ccc(N(C)C)cc3)SC2=S)CC1. The van der Waals surface area contributed by atoms with E-state index in [1.165, 1.54) is 11.8 Å². The maximum atomic E-state index is 12.9. The number of ether oxygens (including phenoxy) is 1. The van der Waals surface area contributed by atoms with E-state index in [1.807, 2.05) is 56.3 Å². The number of likely N-dealkylation sites (tertiary alicyclic amines) is 1. The van der Waals surface area contributed by atoms with Crippen molar-refractivity contribution in [1.82, 2.24) is 9.80 Å². The van der Waals surface area contributed by atoms with Crippen LogP contribution in [0.3, 0.4) is 0 Å². The quantitative estimate of drug-likeness (QED) is 0.388. The van der Waals surface area contributed by atoms with E-state index in [1.54, 1.807) is 4.90 Å². The number of anilines is 1. The standard InChI is InChI=1S/C21H27N3O3S2/c1-4-27-20(26)16-9-11-23(12-10-16)14-24-19(25)18(29-21(24)28)13-15-5-7-17(8-6-15)22(2)3/h5-8,13,16H,4,9-12,14H2,1-3H3. The molecule has 2 aliphatic heterocycles. The molecule has 1 aromatic rings. The molecular formula is C21H27N3O3S2. The van der Waals surface area contributed by atoms with Gasteiger partial charge < -0.3 is 9.64 Å². The molecule has 156 valence electrons. The number of carbonyl (C=O) groups excluding carboxylic acids is 2. The van der Waals surface area contributed by atoms with Gasteiger partial charge in [0.1, 0.15) is 4.32 Å². The summed E-state index contributed by atoms with van der Waals surface area (Å²) in [7, 11) is 3.99. The number of amides is 1. The summed E-state index contributed by atoms with van der Waals surface area (Å²) in [5.41, 5.74) is 2.09. The van der Waals surface area contributed by atoms with Gasteiger partial charge in [0, 0.05) is 32.9 Å². The highest BCUT2D eigenvalue weighted by atomic mass is 32.2. The molecule has 0 atom stereocenters. The summed E-state index contributed by atoms with van der Waals surface area (Å²) >= 11 is 6.80. The summed E-state index contributed by atoms with van der Waals surface area (Å²) in [6.07, 6.45) is 3.40. The highest BCUT2D eigenvalue weighted by molar-refractivity contribution is 8.26. The third-order valence-corrected chi connectivity index (χ3v) is 6.51. The van der Waals surface area contributed by atoms with E-state index < -0.39 is 0 Å². The van der Waals surface area contributed by atoms with Gasteiger partial charge in [-0.25, -0.2) is 0 Å². The second-order valence-corrected chi connectivity index (χ2v) is 9.06. The zero-order valence-corrected chi connectivity index (χ0v) is 18.7. The lowest BCUT2D eigenvalue weighted by atomic mass is 9.97. The Labute approximate surface area is 181 Å². The molecule has 2 heterocycles. The first-order valence-corrected chi connectivity index (χ1v) is 11.0. The zero-order valence-electron chi connectivity index (χ0n) is 17.1. The van der Waals surface area contributed by atoms with Crippen LogP contribution in [0, 0.1) is 5.92 Å². The molecule has 0 unspecified atom stereocenters. The van der Waals surface area contributed by atoms with Crippen molar-refractivity contribution in [1.29, 1.82) is 0 Å². The minimum atomic E-state index is -0.110. The smallest absolute Gasteiger partial charge is 0.309 e. The number of thiocarbonyl (C=S) groups is 1. The zero-order chi connectivity index (χ0) is 21.0. The van der Waals surface area contributed by atoms with Crippen LogP contribution < -0.4 is 4.90 Å². The summed E-state index contributed by atoms with van der Waals surface area (Å²) in [4.78, 5) is 31.3. The average molecular weight is 434 g/mol. The third kappa shape index (κ3) is 5.38. The van der Waals surface area contributed by atoms with E-state index in [0.29, 0.717) is 22.5 Å². The van der Waals surface area contributed by atoms with E-state index in [2.05, 4.69) is 4.90 Å². The lowest BCUT2D eigenvalue weighted by Crippen LogP contribution is -2.45. The molecule has 3 rings (SSSR count). The third-order valence-electron chi connectivity index (χ3n) is 5.13. The number of rotatable bonds is 6. The number of nitrogens with zero attached hydrogens (tertiary/aromatic N) is 3. The predicted octanol–water partition coefficient (Wildman–Crippen LogP) is 3.19. The molecule has 1 aromatic carbocycles. The number of hydrogen-bond donors (Lipinski definition) is 0. The Bertz CT molecular complexity index is 800. The van der Waals surface area contributed by atoms with Crippen molar-refractivity contribution in [3.8, 4) is 0 Å². The largest absolute Gasteiger partial charge is 0.466 e. The maximum Gasteiger partial charge on any atom is 0.309 e. The van der Waals surface area contributed by atoms with Gasteiger partial charge in [-0.2, -0.15) is 0 Å². The van der Waals surface area contributed by atoms with E-state index in [-0.39, 0.29) is 17.8 Å². The number of carbonyl (C=O) groups is 2. The van der Waals surface area contributed by atoms with Gasteiger partial charge in [-0.3, -0.25) is 19.4 Å². The van der Waals surface area contributed by atoms with Gasteiger partial charge in [0.25, 0.3) is 5.91 Å². The molecule has 0 spiro atoms. The Balaban J connectivity index is 1.59. The van der Waals surface area contributed by atoms with Gasteiger partial charge in [0.05, 0.1) is 24.1 Å². The fourth-order valence-electron chi connectivity index (χ4n) is 3.41. The summed E-state index contributed by atoms with van der Waals surface area (Å²) in [5, 5.41) is 0. The van der Waals surface area contributed by atoms with Crippen LogP contribution in [-0.4, -0.2) is 66.5 Å². The van der Waals surface area contributed by atoms with Crippen molar-refractivity contribution in [2.75, 3.05) is 45.4 Å². The molecule has 0 aliphatic carbocycles. The van der Waals surface area contributed by atoms with Crippen LogP contribution in [0.25, 0.3) is 6.08 Å². The fourth-order valence-corrected chi connectivity index (χ4v) is 4.65. The summed E-state index contributed by atoms with van der Waals surface area (Å²) in [6.45, 7) is 4.22. The van der Waals surface area contributed by atoms with Gasteiger partial charge in [-0.1, -0.05) is 36.1 Å². The van der Waals surface area contributed by atoms with Crippen LogP contribution in [0.2, 0.25) is 0 Å². The molecule has 0 saturated carbocycles. The van der Waals surface area contributed by atoms with Gasteiger partial charge in [0.2, 0.25) is 0 Å². The lowest BCUT2D eigenvalue weighted by molar-refractivity contribution is -0.150. The van der Waals surface area contributed by atoms with E-state index in [0.717, 1.165) is 37.2 Å². The van der Waals surface area contributed by atoms with E-state index in [4.69, 9.17) is 17.0 Å². The van der Waals surface area contributed by atoms with Crippen molar-refractivity contribution >= 4 is 51.9 Å². The average Bonchev–Trinajstić information content (AvgIpc) is 2.96.